The van der Waals surface area contributed by atoms with Gasteiger partial charge in [-0.25, -0.2) is 0 Å². The van der Waals surface area contributed by atoms with E-state index in [1.54, 1.807) is 72.8 Å². The zero-order chi connectivity index (χ0) is 92.0. The number of hydrogen-bond donors (Lipinski definition) is 0. The van der Waals surface area contributed by atoms with Gasteiger partial charge in [-0.1, -0.05) is 534 Å². The molecular formula is C114H174MoO12. The van der Waals surface area contributed by atoms with Crippen LogP contribution in [0.5, 0.6) is 0 Å². The van der Waals surface area contributed by atoms with Crippen molar-refractivity contribution in [3.63, 3.8) is 0 Å². The molecule has 708 valence electrons. The molecule has 0 fully saturated rings. The second-order valence-corrected chi connectivity index (χ2v) is 35.5. The normalized spacial score (nSPS) is 10.6. The number of carboxylic acids is 6. The molecule has 0 N–H and O–H groups in total. The van der Waals surface area contributed by atoms with Crippen LogP contribution < -0.4 is 30.6 Å². The first kappa shape index (κ1) is 120. The van der Waals surface area contributed by atoms with Gasteiger partial charge in [-0.3, -0.25) is 0 Å². The summed E-state index contributed by atoms with van der Waals surface area (Å²) in [6.07, 6.45) is 86.9. The molecule has 0 radical (unpaired) electrons. The Labute approximate surface area is 788 Å². The van der Waals surface area contributed by atoms with E-state index in [0.29, 0.717) is 0 Å². The summed E-state index contributed by atoms with van der Waals surface area (Å²) in [5, 5.41) is 63.9. The SMILES string of the molecule is CCCCCCCCCCCCc1ccc(C(=O)[O-])cc1.CCCCCCCCCCCCc1ccc(C(=O)[O-])cc1.CCCCCCCCCCCCc1ccc(C(=O)[O-])cc1.CCCCCCCCCCCCc1ccc(C(=O)[O-])cc1.CCCCCCCCCCCCc1ccc(C(=O)[O-])cc1.CCCCCCCCCCCCc1ccc(C(=O)[O-])cc1.[Mo+6]. The molecule has 12 nitrogen and oxygen atoms in total. The fourth-order valence-electron chi connectivity index (χ4n) is 15.7. The first-order chi connectivity index (χ1) is 61.4. The molecule has 0 aliphatic carbocycles. The van der Waals surface area contributed by atoms with Crippen LogP contribution >= 0.6 is 0 Å². The molecular weight excluding hydrogens is 1660 g/mol. The maximum Gasteiger partial charge on any atom is 6.00 e. The van der Waals surface area contributed by atoms with Crippen LogP contribution in [0.3, 0.4) is 0 Å². The van der Waals surface area contributed by atoms with Gasteiger partial charge in [-0.2, -0.15) is 0 Å². The van der Waals surface area contributed by atoms with E-state index in [0.717, 1.165) is 38.5 Å². The maximum atomic E-state index is 10.6. The van der Waals surface area contributed by atoms with Crippen LogP contribution in [-0.4, -0.2) is 35.8 Å². The molecule has 6 aromatic carbocycles. The van der Waals surface area contributed by atoms with Crippen LogP contribution in [0.15, 0.2) is 146 Å². The molecule has 0 bridgehead atoms. The van der Waals surface area contributed by atoms with Crippen molar-refractivity contribution in [3.05, 3.63) is 212 Å². The summed E-state index contributed by atoms with van der Waals surface area (Å²) in [6.45, 7) is 13.5. The largest absolute Gasteiger partial charge is 6.00 e. The summed E-state index contributed by atoms with van der Waals surface area (Å²) in [4.78, 5) is 63.9. The third kappa shape index (κ3) is 73.2. The van der Waals surface area contributed by atoms with E-state index in [1.807, 2.05) is 72.8 Å². The Balaban J connectivity index is 0.00000150. The van der Waals surface area contributed by atoms with E-state index < -0.39 is 35.8 Å². The minimum Gasteiger partial charge on any atom is -0.545 e. The Morgan fingerprint density at radius 1 is 0.142 bits per heavy atom. The van der Waals surface area contributed by atoms with Crippen molar-refractivity contribution in [2.45, 2.75) is 465 Å². The topological polar surface area (TPSA) is 241 Å². The number of hydrogen-bond acceptors (Lipinski definition) is 12. The van der Waals surface area contributed by atoms with Crippen molar-refractivity contribution in [2.75, 3.05) is 0 Å². The van der Waals surface area contributed by atoms with Gasteiger partial charge in [0.05, 0.1) is 35.8 Å². The standard InChI is InChI=1S/6C19H30O2.Mo/c6*1-2-3-4-5-6-7-8-9-10-11-12-17-13-15-18(16-14-17)19(20)21;/h6*13-16H,2-12H2,1H3,(H,20,21);/q;;;;;;+6/p-6. The zero-order valence-electron chi connectivity index (χ0n) is 80.8. The van der Waals surface area contributed by atoms with Gasteiger partial charge in [0, 0.05) is 0 Å². The summed E-state index contributed by atoms with van der Waals surface area (Å²) in [7, 11) is 0. The average Bonchev–Trinajstić information content (AvgIpc) is 0.931. The van der Waals surface area contributed by atoms with Gasteiger partial charge >= 0.3 is 21.1 Å². The second-order valence-electron chi connectivity index (χ2n) is 35.5. The molecule has 0 aliphatic rings. The van der Waals surface area contributed by atoms with E-state index in [9.17, 15) is 59.4 Å². The van der Waals surface area contributed by atoms with Crippen molar-refractivity contribution in [3.8, 4) is 0 Å². The first-order valence-corrected chi connectivity index (χ1v) is 51.2. The molecule has 0 aliphatic heterocycles. The van der Waals surface area contributed by atoms with E-state index in [-0.39, 0.29) is 54.4 Å². The Bertz CT molecular complexity index is 2900. The molecule has 0 saturated carbocycles. The van der Waals surface area contributed by atoms with Crippen LogP contribution in [0, 0.1) is 0 Å². The predicted molar refractivity (Wildman–Crippen MR) is 518 cm³/mol. The summed E-state index contributed by atoms with van der Waals surface area (Å²) >= 11 is 0. The molecule has 0 spiro atoms. The minimum absolute atomic E-state index is 0. The zero-order valence-corrected chi connectivity index (χ0v) is 82.8. The van der Waals surface area contributed by atoms with Crippen LogP contribution in [-0.2, 0) is 59.6 Å². The Morgan fingerprint density at radius 2 is 0.220 bits per heavy atom. The monoisotopic (exact) mass is 1830 g/mol. The summed E-state index contributed by atoms with van der Waals surface area (Å²) in [5.41, 5.74) is 8.92. The molecule has 6 rings (SSSR count). The molecule has 0 heterocycles. The first-order valence-electron chi connectivity index (χ1n) is 51.2. The molecule has 13 heteroatoms. The Morgan fingerprint density at radius 3 is 0.299 bits per heavy atom. The van der Waals surface area contributed by atoms with E-state index in [4.69, 9.17) is 0 Å². The number of rotatable bonds is 72. The maximum absolute atomic E-state index is 10.6. The number of carbonyl (C=O) groups excluding carboxylic acids is 6. The van der Waals surface area contributed by atoms with Gasteiger partial charge in [0.2, 0.25) is 0 Å². The van der Waals surface area contributed by atoms with Gasteiger partial charge < -0.3 is 59.4 Å². The van der Waals surface area contributed by atoms with Gasteiger partial charge in [0.25, 0.3) is 0 Å². The van der Waals surface area contributed by atoms with E-state index >= 15 is 0 Å². The van der Waals surface area contributed by atoms with E-state index in [2.05, 4.69) is 41.5 Å². The number of aromatic carboxylic acids is 6. The number of unbranched alkanes of at least 4 members (excludes halogenated alkanes) is 54. The number of carboxylic acid groups (broad SMARTS) is 6. The molecule has 127 heavy (non-hydrogen) atoms. The minimum atomic E-state index is -1.10. The Hall–Kier alpha value is -7.17. The molecule has 0 saturated heterocycles. The van der Waals surface area contributed by atoms with E-state index in [1.165, 1.54) is 419 Å². The number of aryl methyl sites for hydroxylation is 6. The van der Waals surface area contributed by atoms with Crippen LogP contribution in [0.1, 0.15) is 522 Å². The van der Waals surface area contributed by atoms with Crippen LogP contribution in [0.25, 0.3) is 0 Å². The van der Waals surface area contributed by atoms with Crippen molar-refractivity contribution in [2.24, 2.45) is 0 Å². The third-order valence-corrected chi connectivity index (χ3v) is 24.1. The molecule has 0 unspecified atom stereocenters. The summed E-state index contributed by atoms with van der Waals surface area (Å²) < 4.78 is 0. The molecule has 0 atom stereocenters. The second kappa shape index (κ2) is 88.1. The van der Waals surface area contributed by atoms with Gasteiger partial charge in [0.1, 0.15) is 0 Å². The summed E-state index contributed by atoms with van der Waals surface area (Å²) in [6, 6.07) is 42.5. The summed E-state index contributed by atoms with van der Waals surface area (Å²) in [5.74, 6) is -6.58. The quantitative estimate of drug-likeness (QED) is 0.0256. The third-order valence-electron chi connectivity index (χ3n) is 24.1. The fraction of sp³-hybridized carbons (Fsp3) is 0.632. The predicted octanol–water partition coefficient (Wildman–Crippen LogP) is 27.1. The van der Waals surface area contributed by atoms with Crippen molar-refractivity contribution in [1.82, 2.24) is 0 Å². The number of benzene rings is 6. The van der Waals surface area contributed by atoms with Gasteiger partial charge in [-0.15, -0.1) is 0 Å². The Kier molecular flexibility index (Phi) is 83.1. The van der Waals surface area contributed by atoms with Crippen LogP contribution in [0.2, 0.25) is 0 Å². The average molecular weight is 1830 g/mol. The van der Waals surface area contributed by atoms with Crippen molar-refractivity contribution < 1.29 is 80.5 Å². The fourth-order valence-corrected chi connectivity index (χ4v) is 15.7. The van der Waals surface area contributed by atoms with Crippen LogP contribution in [0.4, 0.5) is 0 Å². The molecule has 0 amide bonds. The molecule has 6 aromatic rings. The van der Waals surface area contributed by atoms with Gasteiger partial charge in [0.15, 0.2) is 0 Å². The molecule has 0 aromatic heterocycles. The van der Waals surface area contributed by atoms with Gasteiger partial charge in [-0.05, 0) is 144 Å². The smallest absolute Gasteiger partial charge is 0.545 e. The van der Waals surface area contributed by atoms with Crippen molar-refractivity contribution in [1.29, 1.82) is 0 Å². The number of carbonyl (C=O) groups is 6. The van der Waals surface area contributed by atoms with Crippen molar-refractivity contribution >= 4 is 35.8 Å².